The van der Waals surface area contributed by atoms with Crippen LogP contribution in [0, 0.1) is 13.8 Å². The summed E-state index contributed by atoms with van der Waals surface area (Å²) in [5, 5.41) is 7.18. The number of nitrogens with one attached hydrogen (secondary N) is 1. The molecule has 0 unspecified atom stereocenters. The van der Waals surface area contributed by atoms with E-state index in [0.717, 1.165) is 30.2 Å². The number of piperidine rings is 1. The summed E-state index contributed by atoms with van der Waals surface area (Å²) in [7, 11) is 0. The van der Waals surface area contributed by atoms with E-state index < -0.39 is 0 Å². The monoisotopic (exact) mass is 365 g/mol. The molecule has 8 heteroatoms. The fourth-order valence-corrected chi connectivity index (χ4v) is 3.41. The van der Waals surface area contributed by atoms with Gasteiger partial charge in [0.25, 0.3) is 5.78 Å². The summed E-state index contributed by atoms with van der Waals surface area (Å²) in [5.41, 5.74) is 2.92. The molecule has 0 bridgehead atoms. The van der Waals surface area contributed by atoms with Gasteiger partial charge in [0.15, 0.2) is 5.82 Å². The molecule has 0 spiro atoms. The molecule has 4 rings (SSSR count). The van der Waals surface area contributed by atoms with Gasteiger partial charge in [0.2, 0.25) is 5.91 Å². The molecular weight excluding hydrogens is 342 g/mol. The highest BCUT2D eigenvalue weighted by Crippen LogP contribution is 2.20. The lowest BCUT2D eigenvalue weighted by Crippen LogP contribution is -2.29. The Hall–Kier alpha value is -3.03. The van der Waals surface area contributed by atoms with E-state index in [1.165, 1.54) is 19.3 Å². The van der Waals surface area contributed by atoms with E-state index in [1.807, 2.05) is 38.2 Å². The largest absolute Gasteiger partial charge is 0.370 e. The number of aromatic nitrogens is 5. The van der Waals surface area contributed by atoms with Gasteiger partial charge in [-0.15, -0.1) is 5.10 Å². The molecule has 4 heterocycles. The first-order valence-electron chi connectivity index (χ1n) is 9.29. The molecule has 27 heavy (non-hydrogen) atoms. The van der Waals surface area contributed by atoms with E-state index in [0.29, 0.717) is 17.4 Å². The van der Waals surface area contributed by atoms with Gasteiger partial charge in [-0.2, -0.15) is 4.98 Å². The van der Waals surface area contributed by atoms with Crippen LogP contribution in [-0.2, 0) is 11.2 Å². The molecule has 8 nitrogen and oxygen atoms in total. The molecule has 0 aromatic carbocycles. The second-order valence-electron chi connectivity index (χ2n) is 6.95. The Morgan fingerprint density at radius 3 is 2.70 bits per heavy atom. The minimum absolute atomic E-state index is 0.0808. The van der Waals surface area contributed by atoms with E-state index in [1.54, 1.807) is 4.52 Å². The zero-order valence-corrected chi connectivity index (χ0v) is 15.6. The zero-order chi connectivity index (χ0) is 18.8. The van der Waals surface area contributed by atoms with E-state index in [2.05, 4.69) is 30.3 Å². The number of amides is 1. The standard InChI is InChI=1S/C19H23N7O/c1-13-10-14(2)26-19(21-13)23-17(24-26)11-18(27)22-16-7-6-15(12-20-16)25-8-4-3-5-9-25/h6-7,10,12H,3-5,8-9,11H2,1-2H3,(H,20,22,27). The van der Waals surface area contributed by atoms with E-state index in [4.69, 9.17) is 0 Å². The molecule has 3 aromatic rings. The van der Waals surface area contributed by atoms with Crippen LogP contribution in [0.2, 0.25) is 0 Å². The van der Waals surface area contributed by atoms with Gasteiger partial charge in [-0.05, 0) is 51.3 Å². The first-order chi connectivity index (χ1) is 13.1. The van der Waals surface area contributed by atoms with Crippen molar-refractivity contribution >= 4 is 23.2 Å². The maximum absolute atomic E-state index is 12.3. The van der Waals surface area contributed by atoms with Gasteiger partial charge in [0, 0.05) is 24.5 Å². The minimum Gasteiger partial charge on any atom is -0.370 e. The molecule has 1 amide bonds. The van der Waals surface area contributed by atoms with Crippen LogP contribution >= 0.6 is 0 Å². The maximum Gasteiger partial charge on any atom is 0.252 e. The molecule has 1 fully saturated rings. The van der Waals surface area contributed by atoms with Crippen molar-refractivity contribution < 1.29 is 4.79 Å². The Balaban J connectivity index is 1.41. The quantitative estimate of drug-likeness (QED) is 0.763. The van der Waals surface area contributed by atoms with E-state index in [-0.39, 0.29) is 12.3 Å². The number of nitrogens with zero attached hydrogens (tertiary/aromatic N) is 6. The van der Waals surface area contributed by atoms with Crippen molar-refractivity contribution in [2.24, 2.45) is 0 Å². The highest BCUT2D eigenvalue weighted by molar-refractivity contribution is 5.91. The number of hydrogen-bond donors (Lipinski definition) is 1. The van der Waals surface area contributed by atoms with E-state index >= 15 is 0 Å². The summed E-state index contributed by atoms with van der Waals surface area (Å²) in [6.45, 7) is 5.99. The summed E-state index contributed by atoms with van der Waals surface area (Å²) in [4.78, 5) is 27.7. The topological polar surface area (TPSA) is 88.3 Å². The normalized spacial score (nSPS) is 14.5. The lowest BCUT2D eigenvalue weighted by Gasteiger charge is -2.28. The van der Waals surface area contributed by atoms with Crippen LogP contribution in [-0.4, -0.2) is 43.6 Å². The van der Waals surface area contributed by atoms with Gasteiger partial charge in [0.1, 0.15) is 5.82 Å². The van der Waals surface area contributed by atoms with Crippen molar-refractivity contribution in [2.45, 2.75) is 39.5 Å². The average Bonchev–Trinajstić information content (AvgIpc) is 3.05. The molecule has 0 radical (unpaired) electrons. The average molecular weight is 365 g/mol. The number of pyridine rings is 1. The summed E-state index contributed by atoms with van der Waals surface area (Å²) in [6, 6.07) is 5.78. The van der Waals surface area contributed by atoms with Gasteiger partial charge in [-0.25, -0.2) is 14.5 Å². The van der Waals surface area contributed by atoms with Crippen molar-refractivity contribution in [1.82, 2.24) is 24.6 Å². The third kappa shape index (κ3) is 3.89. The predicted molar refractivity (Wildman–Crippen MR) is 103 cm³/mol. The summed E-state index contributed by atoms with van der Waals surface area (Å²) >= 11 is 0. The lowest BCUT2D eigenvalue weighted by atomic mass is 10.1. The number of aryl methyl sites for hydroxylation is 2. The molecule has 1 aliphatic heterocycles. The molecule has 140 valence electrons. The van der Waals surface area contributed by atoms with Gasteiger partial charge < -0.3 is 10.2 Å². The number of hydrogen-bond acceptors (Lipinski definition) is 6. The van der Waals surface area contributed by atoms with Crippen LogP contribution in [0.25, 0.3) is 5.78 Å². The first-order valence-corrected chi connectivity index (χ1v) is 9.29. The van der Waals surface area contributed by atoms with Crippen LogP contribution in [0.1, 0.15) is 36.5 Å². The molecule has 0 aliphatic carbocycles. The molecule has 3 aromatic heterocycles. The summed E-state index contributed by atoms with van der Waals surface area (Å²) in [6.07, 6.45) is 5.64. The van der Waals surface area contributed by atoms with Crippen molar-refractivity contribution in [3.05, 3.63) is 41.6 Å². The third-order valence-corrected chi connectivity index (χ3v) is 4.72. The molecule has 0 saturated carbocycles. The number of carbonyl (C=O) groups is 1. The number of carbonyl (C=O) groups excluding carboxylic acids is 1. The zero-order valence-electron chi connectivity index (χ0n) is 15.6. The number of anilines is 2. The Labute approximate surface area is 157 Å². The second-order valence-corrected chi connectivity index (χ2v) is 6.95. The Bertz CT molecular complexity index is 958. The van der Waals surface area contributed by atoms with Crippen LogP contribution in [0.5, 0.6) is 0 Å². The van der Waals surface area contributed by atoms with Gasteiger partial charge >= 0.3 is 0 Å². The number of fused-ring (bicyclic) bond motifs is 1. The highest BCUT2D eigenvalue weighted by Gasteiger charge is 2.14. The van der Waals surface area contributed by atoms with E-state index in [9.17, 15) is 4.79 Å². The van der Waals surface area contributed by atoms with Gasteiger partial charge in [-0.1, -0.05) is 0 Å². The van der Waals surface area contributed by atoms with Crippen molar-refractivity contribution in [1.29, 1.82) is 0 Å². The van der Waals surface area contributed by atoms with Crippen LogP contribution in [0.4, 0.5) is 11.5 Å². The molecule has 0 atom stereocenters. The molecular formula is C19H23N7O. The Morgan fingerprint density at radius 2 is 1.96 bits per heavy atom. The van der Waals surface area contributed by atoms with Crippen LogP contribution in [0.15, 0.2) is 24.4 Å². The van der Waals surface area contributed by atoms with Gasteiger partial charge in [-0.3, -0.25) is 4.79 Å². The minimum atomic E-state index is -0.196. The SMILES string of the molecule is Cc1cc(C)n2nc(CC(=O)Nc3ccc(N4CCCCC4)cn3)nc2n1. The van der Waals surface area contributed by atoms with Crippen LogP contribution in [0.3, 0.4) is 0 Å². The fraction of sp³-hybridized carbons (Fsp3) is 0.421. The van der Waals surface area contributed by atoms with Crippen molar-refractivity contribution in [2.75, 3.05) is 23.3 Å². The number of rotatable bonds is 4. The lowest BCUT2D eigenvalue weighted by molar-refractivity contribution is -0.115. The smallest absolute Gasteiger partial charge is 0.252 e. The Morgan fingerprint density at radius 1 is 1.15 bits per heavy atom. The third-order valence-electron chi connectivity index (χ3n) is 4.72. The van der Waals surface area contributed by atoms with Crippen molar-refractivity contribution in [3.8, 4) is 0 Å². The summed E-state index contributed by atoms with van der Waals surface area (Å²) < 4.78 is 1.65. The fourth-order valence-electron chi connectivity index (χ4n) is 3.41. The second kappa shape index (κ2) is 7.30. The highest BCUT2D eigenvalue weighted by atomic mass is 16.1. The summed E-state index contributed by atoms with van der Waals surface area (Å²) in [5.74, 6) is 1.30. The maximum atomic E-state index is 12.3. The van der Waals surface area contributed by atoms with Gasteiger partial charge in [0.05, 0.1) is 18.3 Å². The molecule has 1 N–H and O–H groups in total. The van der Waals surface area contributed by atoms with Crippen LogP contribution < -0.4 is 10.2 Å². The van der Waals surface area contributed by atoms with Crippen molar-refractivity contribution in [3.63, 3.8) is 0 Å². The predicted octanol–water partition coefficient (Wildman–Crippen LogP) is 2.31. The Kier molecular flexibility index (Phi) is 4.70. The molecule has 1 aliphatic rings. The first kappa shape index (κ1) is 17.4. The molecule has 1 saturated heterocycles.